The second kappa shape index (κ2) is 8.38. The van der Waals surface area contributed by atoms with E-state index in [4.69, 9.17) is 9.90 Å². The van der Waals surface area contributed by atoms with E-state index in [0.29, 0.717) is 6.42 Å². The predicted molar refractivity (Wildman–Crippen MR) is 105 cm³/mol. The van der Waals surface area contributed by atoms with Gasteiger partial charge in [-0.1, -0.05) is 0 Å². The smallest absolute Gasteiger partial charge is 0.475 e. The van der Waals surface area contributed by atoms with Crippen molar-refractivity contribution in [2.45, 2.75) is 32.5 Å². The molecule has 1 spiro atoms. The summed E-state index contributed by atoms with van der Waals surface area (Å²) in [5.41, 5.74) is 1.06. The van der Waals surface area contributed by atoms with Crippen LogP contribution in [0.25, 0.3) is 0 Å². The van der Waals surface area contributed by atoms with Gasteiger partial charge in [0.25, 0.3) is 0 Å². The Kier molecular flexibility index (Phi) is 6.23. The number of carbonyl (C=O) groups is 2. The lowest BCUT2D eigenvalue weighted by molar-refractivity contribution is -0.192. The number of carboxylic acid groups (broad SMARTS) is 1. The number of carboxylic acids is 1. The summed E-state index contributed by atoms with van der Waals surface area (Å²) in [5, 5.41) is 11.3. The van der Waals surface area contributed by atoms with Gasteiger partial charge in [0.15, 0.2) is 0 Å². The van der Waals surface area contributed by atoms with Crippen LogP contribution in [0.5, 0.6) is 0 Å². The zero-order valence-corrected chi connectivity index (χ0v) is 17.5. The molecule has 0 aromatic carbocycles. The zero-order valence-electron chi connectivity index (χ0n) is 16.6. The van der Waals surface area contributed by atoms with Crippen LogP contribution in [0.2, 0.25) is 0 Å². The third-order valence-corrected chi connectivity index (χ3v) is 6.24. The molecule has 1 unspecified atom stereocenters. The van der Waals surface area contributed by atoms with Crippen molar-refractivity contribution in [1.29, 1.82) is 0 Å². The first kappa shape index (κ1) is 22.3. The molecule has 1 N–H and O–H groups in total. The highest BCUT2D eigenvalue weighted by Gasteiger charge is 2.47. The van der Waals surface area contributed by atoms with Crippen LogP contribution in [0.3, 0.4) is 0 Å². The van der Waals surface area contributed by atoms with Crippen molar-refractivity contribution >= 4 is 28.9 Å². The molecule has 7 nitrogen and oxygen atoms in total. The summed E-state index contributed by atoms with van der Waals surface area (Å²) in [6.07, 6.45) is 0.415. The van der Waals surface area contributed by atoms with Gasteiger partial charge in [0.2, 0.25) is 5.91 Å². The number of hydrogen-bond acceptors (Lipinski definition) is 5. The predicted octanol–water partition coefficient (Wildman–Crippen LogP) is 3.05. The van der Waals surface area contributed by atoms with E-state index in [2.05, 4.69) is 29.1 Å². The minimum absolute atomic E-state index is 0.124. The van der Waals surface area contributed by atoms with Crippen molar-refractivity contribution in [3.8, 4) is 0 Å². The zero-order chi connectivity index (χ0) is 22.1. The largest absolute Gasteiger partial charge is 0.490 e. The molecular formula is C19H23F3N4O3S. The van der Waals surface area contributed by atoms with Crippen LogP contribution in [0.4, 0.5) is 18.9 Å². The lowest BCUT2D eigenvalue weighted by atomic mass is 9.86. The van der Waals surface area contributed by atoms with Gasteiger partial charge in [0.05, 0.1) is 11.9 Å². The van der Waals surface area contributed by atoms with Gasteiger partial charge in [-0.2, -0.15) is 18.3 Å². The number of rotatable bonds is 3. The lowest BCUT2D eigenvalue weighted by Crippen LogP contribution is -2.31. The molecule has 0 radical (unpaired) electrons. The Morgan fingerprint density at radius 2 is 2.03 bits per heavy atom. The summed E-state index contributed by atoms with van der Waals surface area (Å²) in [7, 11) is 1.89. The molecule has 2 fully saturated rings. The van der Waals surface area contributed by atoms with Crippen LogP contribution in [0.15, 0.2) is 24.5 Å². The van der Waals surface area contributed by atoms with Crippen LogP contribution in [-0.2, 0) is 23.2 Å². The molecule has 0 bridgehead atoms. The Bertz CT molecular complexity index is 926. The SMILES string of the molecule is Cc1ccc(CN2CCC3(CC(=O)N(c4cnn(C)c4)C3)C2)s1.O=C(O)C(F)(F)F. The van der Waals surface area contributed by atoms with Crippen molar-refractivity contribution in [1.82, 2.24) is 14.7 Å². The monoisotopic (exact) mass is 444 g/mol. The number of likely N-dealkylation sites (tertiary alicyclic amines) is 1. The molecule has 1 amide bonds. The number of hydrogen-bond donors (Lipinski definition) is 1. The fraction of sp³-hybridized carbons (Fsp3) is 0.526. The number of halogens is 3. The molecule has 11 heteroatoms. The molecule has 4 rings (SSSR count). The van der Waals surface area contributed by atoms with E-state index in [-0.39, 0.29) is 11.3 Å². The Balaban J connectivity index is 0.000000318. The number of anilines is 1. The topological polar surface area (TPSA) is 78.7 Å². The van der Waals surface area contributed by atoms with E-state index in [1.165, 1.54) is 9.75 Å². The molecule has 0 saturated carbocycles. The van der Waals surface area contributed by atoms with Crippen LogP contribution < -0.4 is 4.90 Å². The number of nitrogens with zero attached hydrogens (tertiary/aromatic N) is 4. The van der Waals surface area contributed by atoms with E-state index in [1.807, 2.05) is 29.5 Å². The first-order valence-electron chi connectivity index (χ1n) is 9.34. The highest BCUT2D eigenvalue weighted by atomic mass is 32.1. The number of alkyl halides is 3. The van der Waals surface area contributed by atoms with Crippen molar-refractivity contribution in [3.05, 3.63) is 34.3 Å². The lowest BCUT2D eigenvalue weighted by Gasteiger charge is -2.23. The molecule has 2 saturated heterocycles. The maximum absolute atomic E-state index is 12.5. The summed E-state index contributed by atoms with van der Waals surface area (Å²) in [5.74, 6) is -2.51. The molecule has 2 aliphatic heterocycles. The van der Waals surface area contributed by atoms with Crippen LogP contribution >= 0.6 is 11.3 Å². The fourth-order valence-electron chi connectivity index (χ4n) is 3.91. The highest BCUT2D eigenvalue weighted by Crippen LogP contribution is 2.42. The maximum atomic E-state index is 12.5. The molecule has 4 heterocycles. The van der Waals surface area contributed by atoms with E-state index in [0.717, 1.165) is 38.3 Å². The fourth-order valence-corrected chi connectivity index (χ4v) is 4.84. The van der Waals surface area contributed by atoms with Crippen molar-refractivity contribution in [3.63, 3.8) is 0 Å². The molecule has 2 aliphatic rings. The second-order valence-corrected chi connectivity index (χ2v) is 9.18. The van der Waals surface area contributed by atoms with Crippen molar-refractivity contribution < 1.29 is 27.9 Å². The molecule has 1 atom stereocenters. The van der Waals surface area contributed by atoms with Gasteiger partial charge >= 0.3 is 12.1 Å². The Labute approximate surface area is 175 Å². The standard InChI is InChI=1S/C17H22N4OS.C2HF3O2/c1-13-3-4-15(23-13)10-20-6-5-17(11-20)7-16(22)21(12-17)14-8-18-19(2)9-14;3-2(4,5)1(6)7/h3-4,8-9H,5-7,10-12H2,1-2H3;(H,6,7). The third-order valence-electron chi connectivity index (χ3n) is 5.26. The molecule has 0 aliphatic carbocycles. The number of aliphatic carboxylic acids is 1. The van der Waals surface area contributed by atoms with Crippen molar-refractivity contribution in [2.24, 2.45) is 12.5 Å². The Hall–Kier alpha value is -2.40. The van der Waals surface area contributed by atoms with E-state index < -0.39 is 12.1 Å². The molecule has 164 valence electrons. The van der Waals surface area contributed by atoms with E-state index in [1.54, 1.807) is 10.9 Å². The Morgan fingerprint density at radius 3 is 2.57 bits per heavy atom. The number of thiophene rings is 1. The normalized spacial score (nSPS) is 21.9. The molecule has 2 aromatic rings. The minimum atomic E-state index is -5.08. The van der Waals surface area contributed by atoms with Gasteiger partial charge in [-0.25, -0.2) is 4.79 Å². The number of aryl methyl sites for hydroxylation is 2. The summed E-state index contributed by atoms with van der Waals surface area (Å²) in [4.78, 5) is 28.6. The maximum Gasteiger partial charge on any atom is 0.490 e. The number of amides is 1. The van der Waals surface area contributed by atoms with Gasteiger partial charge in [-0.05, 0) is 32.0 Å². The summed E-state index contributed by atoms with van der Waals surface area (Å²) in [6, 6.07) is 4.42. The van der Waals surface area contributed by atoms with Gasteiger partial charge < -0.3 is 10.0 Å². The molecular weight excluding hydrogens is 421 g/mol. The van der Waals surface area contributed by atoms with Crippen molar-refractivity contribution in [2.75, 3.05) is 24.5 Å². The quantitative estimate of drug-likeness (QED) is 0.787. The third kappa shape index (κ3) is 5.20. The average molecular weight is 444 g/mol. The van der Waals surface area contributed by atoms with Crippen LogP contribution in [0.1, 0.15) is 22.6 Å². The van der Waals surface area contributed by atoms with Crippen LogP contribution in [0, 0.1) is 12.3 Å². The van der Waals surface area contributed by atoms with Gasteiger partial charge in [-0.15, -0.1) is 11.3 Å². The van der Waals surface area contributed by atoms with Gasteiger partial charge in [0, 0.05) is 54.5 Å². The van der Waals surface area contributed by atoms with Gasteiger partial charge in [0.1, 0.15) is 0 Å². The molecule has 30 heavy (non-hydrogen) atoms. The van der Waals surface area contributed by atoms with E-state index >= 15 is 0 Å². The van der Waals surface area contributed by atoms with Gasteiger partial charge in [-0.3, -0.25) is 14.4 Å². The summed E-state index contributed by atoms with van der Waals surface area (Å²) < 4.78 is 33.5. The highest BCUT2D eigenvalue weighted by molar-refractivity contribution is 7.11. The average Bonchev–Trinajstić information content (AvgIpc) is 3.39. The Morgan fingerprint density at radius 1 is 1.33 bits per heavy atom. The second-order valence-electron chi connectivity index (χ2n) is 7.80. The summed E-state index contributed by atoms with van der Waals surface area (Å²) in [6.45, 7) is 6.11. The first-order valence-corrected chi connectivity index (χ1v) is 10.2. The summed E-state index contributed by atoms with van der Waals surface area (Å²) >= 11 is 1.88. The van der Waals surface area contributed by atoms with Crippen LogP contribution in [-0.4, -0.2) is 57.5 Å². The first-order chi connectivity index (χ1) is 14.0. The minimum Gasteiger partial charge on any atom is -0.475 e. The number of aromatic nitrogens is 2. The molecule has 2 aromatic heterocycles. The number of carbonyl (C=O) groups excluding carboxylic acids is 1. The van der Waals surface area contributed by atoms with E-state index in [9.17, 15) is 18.0 Å².